The predicted molar refractivity (Wildman–Crippen MR) is 110 cm³/mol. The molecule has 1 unspecified atom stereocenters. The summed E-state index contributed by atoms with van der Waals surface area (Å²) < 4.78 is 10.9. The Labute approximate surface area is 165 Å². The number of ether oxygens (including phenoxy) is 2. The minimum absolute atomic E-state index is 0.252. The van der Waals surface area contributed by atoms with Gasteiger partial charge < -0.3 is 9.47 Å². The van der Waals surface area contributed by atoms with E-state index in [0.717, 1.165) is 30.6 Å². The van der Waals surface area contributed by atoms with Gasteiger partial charge in [-0.25, -0.2) is 4.79 Å². The number of hydrogen-bond acceptors (Lipinski definition) is 3. The van der Waals surface area contributed by atoms with Crippen LogP contribution < -0.4 is 0 Å². The molecule has 1 aliphatic rings. The fourth-order valence-electron chi connectivity index (χ4n) is 3.60. The second-order valence-electron chi connectivity index (χ2n) is 7.81. The van der Waals surface area contributed by atoms with Gasteiger partial charge >= 0.3 is 6.16 Å². The van der Waals surface area contributed by atoms with Gasteiger partial charge in [0, 0.05) is 6.42 Å². The molecule has 0 N–H and O–H groups in total. The highest BCUT2D eigenvalue weighted by molar-refractivity contribution is 5.61. The number of carbonyl (C=O) groups excluding carboxylic acids is 1. The van der Waals surface area contributed by atoms with Crippen LogP contribution in [0.4, 0.5) is 4.79 Å². The molecule has 3 heteroatoms. The molecule has 3 nitrogen and oxygen atoms in total. The first-order valence-electron chi connectivity index (χ1n) is 10.8. The maximum atomic E-state index is 12.1. The second-order valence-corrected chi connectivity index (χ2v) is 7.81. The van der Waals surface area contributed by atoms with Crippen LogP contribution in [-0.2, 0) is 16.1 Å². The molecule has 2 rings (SSSR count). The normalized spacial score (nSPS) is 20.6. The first kappa shape index (κ1) is 21.5. The molecule has 0 aliphatic heterocycles. The van der Waals surface area contributed by atoms with Crippen molar-refractivity contribution in [1.29, 1.82) is 0 Å². The molecule has 27 heavy (non-hydrogen) atoms. The summed E-state index contributed by atoms with van der Waals surface area (Å²) in [6.07, 6.45) is 16.5. The first-order chi connectivity index (χ1) is 13.2. The van der Waals surface area contributed by atoms with E-state index in [4.69, 9.17) is 9.47 Å². The van der Waals surface area contributed by atoms with Crippen LogP contribution in [0.3, 0.4) is 0 Å². The Morgan fingerprint density at radius 2 is 1.48 bits per heavy atom. The van der Waals surface area contributed by atoms with Gasteiger partial charge in [-0.15, -0.1) is 0 Å². The maximum Gasteiger partial charge on any atom is 0.513 e. The summed E-state index contributed by atoms with van der Waals surface area (Å²) in [5.41, 5.74) is 0.971. The minimum Gasteiger partial charge on any atom is -0.429 e. The van der Waals surface area contributed by atoms with Crippen molar-refractivity contribution in [3.05, 3.63) is 47.7 Å². The molecule has 0 saturated carbocycles. The van der Waals surface area contributed by atoms with Crippen molar-refractivity contribution in [3.63, 3.8) is 0 Å². The quantitative estimate of drug-likeness (QED) is 0.514. The van der Waals surface area contributed by atoms with E-state index in [2.05, 4.69) is 13.0 Å². The summed E-state index contributed by atoms with van der Waals surface area (Å²) in [6, 6.07) is 9.71. The largest absolute Gasteiger partial charge is 0.513 e. The van der Waals surface area contributed by atoms with Crippen LogP contribution in [0.1, 0.15) is 89.5 Å². The average molecular weight is 373 g/mol. The Balaban J connectivity index is 1.85. The first-order valence-corrected chi connectivity index (χ1v) is 10.8. The zero-order valence-corrected chi connectivity index (χ0v) is 17.0. The SMILES string of the molecule is CC1C=C(OC(=O)OCc2ccccc2)CCCCCCCCCCCC1. The van der Waals surface area contributed by atoms with Crippen LogP contribution in [0.15, 0.2) is 42.2 Å². The fourth-order valence-corrected chi connectivity index (χ4v) is 3.60. The Morgan fingerprint density at radius 3 is 2.15 bits per heavy atom. The average Bonchev–Trinajstić information content (AvgIpc) is 2.68. The number of hydrogen-bond donors (Lipinski definition) is 0. The summed E-state index contributed by atoms with van der Waals surface area (Å²) in [7, 11) is 0. The third-order valence-electron chi connectivity index (χ3n) is 5.22. The van der Waals surface area contributed by atoms with Gasteiger partial charge in [0.25, 0.3) is 0 Å². The van der Waals surface area contributed by atoms with Crippen molar-refractivity contribution in [3.8, 4) is 0 Å². The molecule has 1 aromatic carbocycles. The van der Waals surface area contributed by atoms with Gasteiger partial charge in [-0.1, -0.05) is 95.0 Å². The highest BCUT2D eigenvalue weighted by atomic mass is 16.7. The lowest BCUT2D eigenvalue weighted by molar-refractivity contribution is 0.0685. The third-order valence-corrected chi connectivity index (χ3v) is 5.22. The second kappa shape index (κ2) is 13.4. The van der Waals surface area contributed by atoms with Crippen LogP contribution in [0, 0.1) is 5.92 Å². The van der Waals surface area contributed by atoms with E-state index in [1.165, 1.54) is 57.8 Å². The molecule has 1 aliphatic carbocycles. The van der Waals surface area contributed by atoms with Crippen LogP contribution in [0.5, 0.6) is 0 Å². The molecule has 150 valence electrons. The Bertz CT molecular complexity index is 550. The molecule has 1 aromatic rings. The van der Waals surface area contributed by atoms with Crippen molar-refractivity contribution in [1.82, 2.24) is 0 Å². The molecule has 0 fully saturated rings. The van der Waals surface area contributed by atoms with Crippen LogP contribution >= 0.6 is 0 Å². The smallest absolute Gasteiger partial charge is 0.429 e. The zero-order chi connectivity index (χ0) is 19.2. The lowest BCUT2D eigenvalue weighted by Crippen LogP contribution is -2.08. The number of rotatable bonds is 3. The van der Waals surface area contributed by atoms with Crippen molar-refractivity contribution in [2.75, 3.05) is 0 Å². The Hall–Kier alpha value is -1.77. The number of benzene rings is 1. The van der Waals surface area contributed by atoms with Gasteiger partial charge in [0.2, 0.25) is 0 Å². The van der Waals surface area contributed by atoms with Gasteiger partial charge in [-0.3, -0.25) is 0 Å². The molecular weight excluding hydrogens is 336 g/mol. The van der Waals surface area contributed by atoms with E-state index in [1.807, 2.05) is 30.3 Å². The molecular formula is C24H36O3. The van der Waals surface area contributed by atoms with Crippen molar-refractivity contribution >= 4 is 6.16 Å². The van der Waals surface area contributed by atoms with Crippen molar-refractivity contribution in [2.24, 2.45) is 5.92 Å². The van der Waals surface area contributed by atoms with Crippen LogP contribution in [0.25, 0.3) is 0 Å². The highest BCUT2D eigenvalue weighted by Crippen LogP contribution is 2.21. The fraction of sp³-hybridized carbons (Fsp3) is 0.625. The van der Waals surface area contributed by atoms with E-state index in [-0.39, 0.29) is 6.61 Å². The van der Waals surface area contributed by atoms with E-state index < -0.39 is 6.16 Å². The Morgan fingerprint density at radius 1 is 0.889 bits per heavy atom. The van der Waals surface area contributed by atoms with E-state index >= 15 is 0 Å². The number of carbonyl (C=O) groups is 1. The minimum atomic E-state index is -0.588. The molecule has 1 atom stereocenters. The monoisotopic (exact) mass is 372 g/mol. The molecule has 0 spiro atoms. The van der Waals surface area contributed by atoms with Gasteiger partial charge in [0.15, 0.2) is 0 Å². The van der Waals surface area contributed by atoms with Crippen LogP contribution in [-0.4, -0.2) is 6.16 Å². The molecule has 0 amide bonds. The van der Waals surface area contributed by atoms with Gasteiger partial charge in [0.05, 0.1) is 0 Å². The van der Waals surface area contributed by atoms with E-state index in [0.29, 0.717) is 5.92 Å². The van der Waals surface area contributed by atoms with E-state index in [1.54, 1.807) is 0 Å². The Kier molecular flexibility index (Phi) is 10.7. The lowest BCUT2D eigenvalue weighted by atomic mass is 10.0. The lowest BCUT2D eigenvalue weighted by Gasteiger charge is -2.13. The zero-order valence-electron chi connectivity index (χ0n) is 17.0. The van der Waals surface area contributed by atoms with Gasteiger partial charge in [-0.05, 0) is 30.4 Å². The highest BCUT2D eigenvalue weighted by Gasteiger charge is 2.11. The van der Waals surface area contributed by atoms with Crippen molar-refractivity contribution < 1.29 is 14.3 Å². The summed E-state index contributed by atoms with van der Waals surface area (Å²) in [4.78, 5) is 12.1. The van der Waals surface area contributed by atoms with Gasteiger partial charge in [-0.2, -0.15) is 0 Å². The maximum absolute atomic E-state index is 12.1. The van der Waals surface area contributed by atoms with Gasteiger partial charge in [0.1, 0.15) is 12.4 Å². The molecule has 0 bridgehead atoms. The number of allylic oxidation sites excluding steroid dienone is 2. The molecule has 0 radical (unpaired) electrons. The topological polar surface area (TPSA) is 35.5 Å². The summed E-state index contributed by atoms with van der Waals surface area (Å²) in [5.74, 6) is 1.22. The summed E-state index contributed by atoms with van der Waals surface area (Å²) in [5, 5.41) is 0. The molecule has 0 heterocycles. The molecule has 0 aromatic heterocycles. The summed E-state index contributed by atoms with van der Waals surface area (Å²) >= 11 is 0. The van der Waals surface area contributed by atoms with Crippen molar-refractivity contribution in [2.45, 2.75) is 90.6 Å². The van der Waals surface area contributed by atoms with E-state index in [9.17, 15) is 4.79 Å². The van der Waals surface area contributed by atoms with Crippen LogP contribution in [0.2, 0.25) is 0 Å². The predicted octanol–water partition coefficient (Wildman–Crippen LogP) is 7.55. The summed E-state index contributed by atoms with van der Waals surface area (Å²) in [6.45, 7) is 2.47. The molecule has 0 saturated heterocycles. The standard InChI is InChI=1S/C24H36O3/c1-21-15-11-8-6-4-2-3-5-7-9-14-18-23(19-21)27-24(25)26-20-22-16-12-10-13-17-22/h10,12-13,16-17,19,21H,2-9,11,14-15,18,20H2,1H3. The third kappa shape index (κ3) is 10.2.